The number of aromatic amines is 1. The summed E-state index contributed by atoms with van der Waals surface area (Å²) < 4.78 is 9.79. The molecule has 10 heteroatoms. The lowest BCUT2D eigenvalue weighted by molar-refractivity contribution is -0.146. The summed E-state index contributed by atoms with van der Waals surface area (Å²) in [5.74, 6) is -1.07. The Morgan fingerprint density at radius 2 is 1.94 bits per heavy atom. The summed E-state index contributed by atoms with van der Waals surface area (Å²) in [5, 5.41) is 3.23. The van der Waals surface area contributed by atoms with E-state index in [1.54, 1.807) is 39.0 Å². The average Bonchev–Trinajstić information content (AvgIpc) is 2.66. The zero-order valence-electron chi connectivity index (χ0n) is 18.4. The number of aryl methyl sites for hydroxylation is 1. The van der Waals surface area contributed by atoms with Gasteiger partial charge in [-0.25, -0.2) is 9.78 Å². The van der Waals surface area contributed by atoms with Gasteiger partial charge in [0.2, 0.25) is 5.91 Å². The van der Waals surface area contributed by atoms with E-state index < -0.39 is 29.1 Å². The van der Waals surface area contributed by atoms with E-state index in [0.717, 1.165) is 5.69 Å². The van der Waals surface area contributed by atoms with E-state index >= 15 is 0 Å². The summed E-state index contributed by atoms with van der Waals surface area (Å²) in [6.45, 7) is 6.81. The van der Waals surface area contributed by atoms with Gasteiger partial charge in [-0.05, 0) is 45.9 Å². The zero-order valence-corrected chi connectivity index (χ0v) is 18.4. The second-order valence-electron chi connectivity index (χ2n) is 8.01. The summed E-state index contributed by atoms with van der Waals surface area (Å²) in [6.07, 6.45) is -0.852. The van der Waals surface area contributed by atoms with Crippen molar-refractivity contribution in [1.82, 2.24) is 20.2 Å². The number of hydrogen-bond acceptors (Lipinski definition) is 7. The Hall–Kier alpha value is -3.43. The molecule has 0 aromatic carbocycles. The van der Waals surface area contributed by atoms with E-state index in [0.29, 0.717) is 11.0 Å². The van der Waals surface area contributed by atoms with Crippen LogP contribution >= 0.6 is 0 Å². The van der Waals surface area contributed by atoms with Crippen LogP contribution < -0.4 is 10.9 Å². The molecule has 2 aromatic heterocycles. The number of alkyl carbamates (subject to hydrolysis) is 1. The molecule has 0 saturated heterocycles. The third-order valence-corrected chi connectivity index (χ3v) is 4.21. The molecule has 0 aliphatic rings. The number of fused-ring (bicyclic) bond motifs is 1. The van der Waals surface area contributed by atoms with Crippen molar-refractivity contribution in [3.05, 3.63) is 39.8 Å². The molecule has 2 N–H and O–H groups in total. The normalized spacial score (nSPS) is 11.1. The Balaban J connectivity index is 2.10. The van der Waals surface area contributed by atoms with Gasteiger partial charge in [0.05, 0.1) is 13.5 Å². The molecule has 0 radical (unpaired) electrons. The number of rotatable bonds is 7. The first-order valence-electron chi connectivity index (χ1n) is 9.79. The Morgan fingerprint density at radius 1 is 1.23 bits per heavy atom. The zero-order chi connectivity index (χ0) is 23.2. The summed E-state index contributed by atoms with van der Waals surface area (Å²) >= 11 is 0. The van der Waals surface area contributed by atoms with Gasteiger partial charge in [0.25, 0.3) is 5.56 Å². The second-order valence-corrected chi connectivity index (χ2v) is 8.01. The molecule has 2 amide bonds. The molecule has 168 valence electrons. The van der Waals surface area contributed by atoms with Gasteiger partial charge in [-0.2, -0.15) is 0 Å². The van der Waals surface area contributed by atoms with E-state index in [2.05, 4.69) is 20.0 Å². The average molecular weight is 432 g/mol. The molecule has 0 fully saturated rings. The molecule has 0 unspecified atom stereocenters. The molecule has 0 saturated carbocycles. The number of pyridine rings is 2. The van der Waals surface area contributed by atoms with Gasteiger partial charge in [0.15, 0.2) is 0 Å². The fraction of sp³-hybridized carbons (Fsp3) is 0.476. The maximum Gasteiger partial charge on any atom is 0.407 e. The van der Waals surface area contributed by atoms with Crippen LogP contribution in [0.15, 0.2) is 23.0 Å². The minimum Gasteiger partial charge on any atom is -0.468 e. The lowest BCUT2D eigenvalue weighted by Crippen LogP contribution is -2.43. The van der Waals surface area contributed by atoms with Gasteiger partial charge in [0, 0.05) is 29.7 Å². The van der Waals surface area contributed by atoms with Crippen molar-refractivity contribution in [2.75, 3.05) is 26.7 Å². The largest absolute Gasteiger partial charge is 0.468 e. The van der Waals surface area contributed by atoms with Gasteiger partial charge in [-0.3, -0.25) is 14.4 Å². The van der Waals surface area contributed by atoms with Gasteiger partial charge in [-0.1, -0.05) is 0 Å². The van der Waals surface area contributed by atoms with Gasteiger partial charge >= 0.3 is 12.1 Å². The van der Waals surface area contributed by atoms with E-state index in [1.807, 2.05) is 6.92 Å². The summed E-state index contributed by atoms with van der Waals surface area (Å²) in [4.78, 5) is 56.9. The molecule has 31 heavy (non-hydrogen) atoms. The quantitative estimate of drug-likeness (QED) is 0.631. The van der Waals surface area contributed by atoms with Crippen LogP contribution in [0, 0.1) is 6.92 Å². The van der Waals surface area contributed by atoms with Crippen molar-refractivity contribution in [3.8, 4) is 0 Å². The lowest BCUT2D eigenvalue weighted by Gasteiger charge is -2.23. The number of aromatic nitrogens is 2. The summed E-state index contributed by atoms with van der Waals surface area (Å²) in [7, 11) is 1.22. The topological polar surface area (TPSA) is 131 Å². The minimum absolute atomic E-state index is 0.0411. The number of ether oxygens (including phenoxy) is 2. The lowest BCUT2D eigenvalue weighted by atomic mass is 10.1. The molecule has 2 aromatic rings. The highest BCUT2D eigenvalue weighted by Gasteiger charge is 2.21. The first kappa shape index (κ1) is 23.8. The number of nitrogens with one attached hydrogen (secondary N) is 2. The number of H-pyrrole nitrogens is 1. The maximum atomic E-state index is 12.8. The fourth-order valence-electron chi connectivity index (χ4n) is 2.75. The van der Waals surface area contributed by atoms with E-state index in [-0.39, 0.29) is 31.6 Å². The van der Waals surface area contributed by atoms with Gasteiger partial charge in [0.1, 0.15) is 17.8 Å². The molecule has 10 nitrogen and oxygen atoms in total. The van der Waals surface area contributed by atoms with Crippen molar-refractivity contribution in [2.24, 2.45) is 0 Å². The highest BCUT2D eigenvalue weighted by atomic mass is 16.6. The SMILES string of the molecule is COC(=O)CN(CCNC(=O)OC(C)(C)C)C(=O)Cc1cc2ccc(C)nc2[nH]c1=O. The van der Waals surface area contributed by atoms with E-state index in [4.69, 9.17) is 4.74 Å². The number of nitrogens with zero attached hydrogens (tertiary/aromatic N) is 2. The molecule has 0 spiro atoms. The van der Waals surface area contributed by atoms with Crippen molar-refractivity contribution in [2.45, 2.75) is 39.7 Å². The van der Waals surface area contributed by atoms with Crippen LogP contribution in [0.2, 0.25) is 0 Å². The van der Waals surface area contributed by atoms with Crippen LogP contribution in [0.25, 0.3) is 11.0 Å². The molecule has 0 aliphatic heterocycles. The fourth-order valence-corrected chi connectivity index (χ4v) is 2.75. The number of hydrogen-bond donors (Lipinski definition) is 2. The second kappa shape index (κ2) is 10.1. The standard InChI is InChI=1S/C21H28N4O6/c1-13-6-7-14-10-15(19(28)24-18(14)23-13)11-16(26)25(12-17(27)30-5)9-8-22-20(29)31-21(2,3)4/h6-7,10H,8-9,11-12H2,1-5H3,(H,22,29)(H,23,24,28). The monoisotopic (exact) mass is 432 g/mol. The highest BCUT2D eigenvalue weighted by molar-refractivity contribution is 5.84. The number of esters is 1. The van der Waals surface area contributed by atoms with E-state index in [9.17, 15) is 19.2 Å². The first-order valence-corrected chi connectivity index (χ1v) is 9.79. The molecular weight excluding hydrogens is 404 g/mol. The molecule has 2 rings (SSSR count). The van der Waals surface area contributed by atoms with Gasteiger partial charge < -0.3 is 24.7 Å². The number of carbonyl (C=O) groups is 3. The molecule has 0 aliphatic carbocycles. The van der Waals surface area contributed by atoms with Crippen molar-refractivity contribution in [3.63, 3.8) is 0 Å². The third kappa shape index (κ3) is 7.40. The van der Waals surface area contributed by atoms with Crippen LogP contribution in [-0.4, -0.2) is 65.2 Å². The first-order chi connectivity index (χ1) is 14.5. The Morgan fingerprint density at radius 3 is 2.58 bits per heavy atom. The minimum atomic E-state index is -0.657. The van der Waals surface area contributed by atoms with Crippen molar-refractivity contribution >= 4 is 29.0 Å². The van der Waals surface area contributed by atoms with Crippen LogP contribution in [0.5, 0.6) is 0 Å². The Labute approximate surface area is 179 Å². The van der Waals surface area contributed by atoms with Crippen LogP contribution in [-0.2, 0) is 25.5 Å². The smallest absolute Gasteiger partial charge is 0.407 e. The van der Waals surface area contributed by atoms with E-state index in [1.165, 1.54) is 12.0 Å². The number of methoxy groups -OCH3 is 1. The predicted molar refractivity (Wildman–Crippen MR) is 114 cm³/mol. The number of carbonyl (C=O) groups excluding carboxylic acids is 3. The molecule has 0 atom stereocenters. The highest BCUT2D eigenvalue weighted by Crippen LogP contribution is 2.11. The molecular formula is C21H28N4O6. The summed E-state index contributed by atoms with van der Waals surface area (Å²) in [5.41, 5.74) is 0.362. The maximum absolute atomic E-state index is 12.8. The number of amides is 2. The Bertz CT molecular complexity index is 1020. The van der Waals surface area contributed by atoms with Crippen LogP contribution in [0.3, 0.4) is 0 Å². The van der Waals surface area contributed by atoms with Crippen LogP contribution in [0.4, 0.5) is 4.79 Å². The van der Waals surface area contributed by atoms with Crippen molar-refractivity contribution < 1.29 is 23.9 Å². The molecule has 2 heterocycles. The van der Waals surface area contributed by atoms with Gasteiger partial charge in [-0.15, -0.1) is 0 Å². The summed E-state index contributed by atoms with van der Waals surface area (Å²) in [6, 6.07) is 5.21. The van der Waals surface area contributed by atoms with Crippen LogP contribution in [0.1, 0.15) is 32.0 Å². The van der Waals surface area contributed by atoms with Crippen molar-refractivity contribution in [1.29, 1.82) is 0 Å². The third-order valence-electron chi connectivity index (χ3n) is 4.21. The molecule has 0 bridgehead atoms. The Kier molecular flexibility index (Phi) is 7.73. The predicted octanol–water partition coefficient (Wildman–Crippen LogP) is 1.30.